The van der Waals surface area contributed by atoms with Crippen molar-refractivity contribution >= 4 is 28.8 Å². The van der Waals surface area contributed by atoms with Crippen LogP contribution in [0.2, 0.25) is 0 Å². The summed E-state index contributed by atoms with van der Waals surface area (Å²) in [4.78, 5) is 45.8. The number of amides is 3. The molecule has 2 aromatic heterocycles. The van der Waals surface area contributed by atoms with Gasteiger partial charge in [-0.3, -0.25) is 14.4 Å². The van der Waals surface area contributed by atoms with Gasteiger partial charge >= 0.3 is 0 Å². The van der Waals surface area contributed by atoms with E-state index in [-0.39, 0.29) is 36.6 Å². The van der Waals surface area contributed by atoms with Crippen molar-refractivity contribution in [3.05, 3.63) is 83.7 Å². The zero-order chi connectivity index (χ0) is 29.2. The second-order valence-electron chi connectivity index (χ2n) is 10.4. The molecule has 11 nitrogen and oxygen atoms in total. The fraction of sp³-hybridized carbons (Fsp3) is 0.290. The number of likely N-dealkylation sites (tertiary alicyclic amines) is 1. The number of methoxy groups -OCH3 is 1. The monoisotopic (exact) mass is 569 g/mol. The van der Waals surface area contributed by atoms with E-state index in [1.807, 2.05) is 54.2 Å². The summed E-state index contributed by atoms with van der Waals surface area (Å²) >= 11 is 0. The second kappa shape index (κ2) is 11.4. The van der Waals surface area contributed by atoms with E-state index < -0.39 is 12.1 Å². The van der Waals surface area contributed by atoms with Crippen LogP contribution in [-0.2, 0) is 18.4 Å². The van der Waals surface area contributed by atoms with Crippen molar-refractivity contribution in [1.82, 2.24) is 25.1 Å². The molecule has 11 heteroatoms. The van der Waals surface area contributed by atoms with E-state index in [1.165, 1.54) is 13.2 Å². The van der Waals surface area contributed by atoms with Gasteiger partial charge in [0.05, 0.1) is 13.2 Å². The van der Waals surface area contributed by atoms with Crippen molar-refractivity contribution in [2.45, 2.75) is 25.1 Å². The highest BCUT2D eigenvalue weighted by molar-refractivity contribution is 5.96. The smallest absolute Gasteiger partial charge is 0.272 e. The van der Waals surface area contributed by atoms with Gasteiger partial charge in [0.25, 0.3) is 17.7 Å². The summed E-state index contributed by atoms with van der Waals surface area (Å²) in [5.74, 6) is 0.394. The summed E-state index contributed by atoms with van der Waals surface area (Å²) in [6.45, 7) is 0.754. The number of aromatic nitrogens is 2. The molecule has 3 aliphatic heterocycles. The van der Waals surface area contributed by atoms with Gasteiger partial charge < -0.3 is 34.3 Å². The highest BCUT2D eigenvalue weighted by Gasteiger charge is 2.35. The summed E-state index contributed by atoms with van der Waals surface area (Å²) < 4.78 is 19.3. The van der Waals surface area contributed by atoms with Gasteiger partial charge in [-0.1, -0.05) is 12.1 Å². The summed E-state index contributed by atoms with van der Waals surface area (Å²) in [5.41, 5.74) is 2.28. The molecular weight excluding hydrogens is 538 g/mol. The number of rotatable bonds is 2. The van der Waals surface area contributed by atoms with E-state index in [0.29, 0.717) is 42.3 Å². The normalized spacial score (nSPS) is 19.1. The van der Waals surface area contributed by atoms with Gasteiger partial charge in [0, 0.05) is 50.2 Å². The number of hydrogen-bond donors (Lipinski definition) is 2. The van der Waals surface area contributed by atoms with Crippen LogP contribution in [0.15, 0.2) is 66.9 Å². The Hall–Kier alpha value is -5.06. The molecule has 4 bridgehead atoms. The molecule has 4 aromatic rings. The highest BCUT2D eigenvalue weighted by atomic mass is 16.5. The van der Waals surface area contributed by atoms with Gasteiger partial charge in [0.15, 0.2) is 18.1 Å². The topological polar surface area (TPSA) is 124 Å². The lowest BCUT2D eigenvalue weighted by atomic mass is 10.0. The maximum atomic E-state index is 13.6. The third kappa shape index (κ3) is 5.58. The molecule has 0 spiro atoms. The molecule has 3 amide bonds. The van der Waals surface area contributed by atoms with Crippen molar-refractivity contribution in [3.63, 3.8) is 0 Å². The van der Waals surface area contributed by atoms with Crippen LogP contribution < -0.4 is 24.8 Å². The van der Waals surface area contributed by atoms with Crippen molar-refractivity contribution < 1.29 is 28.6 Å². The number of carbonyl (C=O) groups is 3. The van der Waals surface area contributed by atoms with E-state index in [2.05, 4.69) is 15.6 Å². The molecule has 3 aliphatic rings. The van der Waals surface area contributed by atoms with Crippen LogP contribution >= 0.6 is 0 Å². The number of nitrogens with zero attached hydrogens (tertiary/aromatic N) is 3. The molecule has 2 N–H and O–H groups in total. The Bertz CT molecular complexity index is 1650. The minimum atomic E-state index is -0.515. The third-order valence-corrected chi connectivity index (χ3v) is 7.57. The van der Waals surface area contributed by atoms with E-state index in [1.54, 1.807) is 23.1 Å². The molecule has 0 aliphatic carbocycles. The highest BCUT2D eigenvalue weighted by Crippen LogP contribution is 2.29. The van der Waals surface area contributed by atoms with E-state index >= 15 is 0 Å². The predicted molar refractivity (Wildman–Crippen MR) is 154 cm³/mol. The number of ether oxygens (including phenoxy) is 3. The van der Waals surface area contributed by atoms with Crippen LogP contribution in [0.1, 0.15) is 32.8 Å². The number of fused-ring (bicyclic) bond motifs is 8. The van der Waals surface area contributed by atoms with E-state index in [9.17, 15) is 14.4 Å². The summed E-state index contributed by atoms with van der Waals surface area (Å²) in [7, 11) is 3.37. The lowest BCUT2D eigenvalue weighted by Crippen LogP contribution is -2.58. The lowest BCUT2D eigenvalue weighted by molar-refractivity contribution is -0.123. The van der Waals surface area contributed by atoms with Crippen molar-refractivity contribution in [1.29, 1.82) is 0 Å². The molecule has 2 atom stereocenters. The van der Waals surface area contributed by atoms with Crippen LogP contribution in [0.3, 0.4) is 0 Å². The lowest BCUT2D eigenvalue weighted by Gasteiger charge is -2.38. The maximum absolute atomic E-state index is 13.6. The minimum absolute atomic E-state index is 0.212. The van der Waals surface area contributed by atoms with Crippen LogP contribution in [0.5, 0.6) is 17.2 Å². The van der Waals surface area contributed by atoms with Crippen LogP contribution in [-0.4, -0.2) is 71.1 Å². The molecule has 42 heavy (non-hydrogen) atoms. The van der Waals surface area contributed by atoms with Gasteiger partial charge in [-0.2, -0.15) is 0 Å². The van der Waals surface area contributed by atoms with Crippen molar-refractivity contribution in [3.8, 4) is 17.2 Å². The molecule has 1 saturated heterocycles. The molecule has 7 rings (SSSR count). The Balaban J connectivity index is 1.29. The van der Waals surface area contributed by atoms with Crippen molar-refractivity contribution in [2.24, 2.45) is 7.05 Å². The van der Waals surface area contributed by atoms with E-state index in [0.717, 1.165) is 16.6 Å². The first kappa shape index (κ1) is 27.1. The van der Waals surface area contributed by atoms with Gasteiger partial charge in [-0.15, -0.1) is 0 Å². The molecule has 0 saturated carbocycles. The molecule has 2 aromatic carbocycles. The SMILES string of the molecule is COc1ccc2cc1OCC(=O)NCc1ccc(cc1)O[C@@H]1CCN(C(=O)c3ccc4ccn(C)c4n3)C[C@@H]1NC2=O. The van der Waals surface area contributed by atoms with Crippen LogP contribution in [0, 0.1) is 0 Å². The Labute approximate surface area is 242 Å². The zero-order valence-corrected chi connectivity index (χ0v) is 23.3. The third-order valence-electron chi connectivity index (χ3n) is 7.57. The van der Waals surface area contributed by atoms with Crippen molar-refractivity contribution in [2.75, 3.05) is 26.8 Å². The number of carbonyl (C=O) groups excluding carboxylic acids is 3. The maximum Gasteiger partial charge on any atom is 0.272 e. The molecule has 1 fully saturated rings. The number of pyridine rings is 1. The average Bonchev–Trinajstić information content (AvgIpc) is 3.39. The van der Waals surface area contributed by atoms with Gasteiger partial charge in [-0.25, -0.2) is 4.98 Å². The Morgan fingerprint density at radius 2 is 1.90 bits per heavy atom. The standard InChI is InChI=1S/C31H31N5O6/c1-35-13-11-20-5-9-23(33-29(20)35)31(39)36-14-12-25-24(17-36)34-30(38)21-6-10-26(40-2)27(15-21)41-18-28(37)32-16-19-3-7-22(42-25)8-4-19/h3-11,13,15,24-25H,12,14,16-18H2,1-2H3,(H,32,37)(H,34,38)/t24-,25+/m0/s1. The summed E-state index contributed by atoms with van der Waals surface area (Å²) in [6.07, 6.45) is 2.01. The largest absolute Gasteiger partial charge is 0.493 e. The molecular formula is C31H31N5O6. The minimum Gasteiger partial charge on any atom is -0.493 e. The van der Waals surface area contributed by atoms with Crippen LogP contribution in [0.4, 0.5) is 0 Å². The fourth-order valence-corrected chi connectivity index (χ4v) is 5.25. The van der Waals surface area contributed by atoms with Gasteiger partial charge in [0.2, 0.25) is 0 Å². The zero-order valence-electron chi connectivity index (χ0n) is 23.3. The quantitative estimate of drug-likeness (QED) is 0.381. The number of benzene rings is 2. The predicted octanol–water partition coefficient (Wildman–Crippen LogP) is 2.68. The fourth-order valence-electron chi connectivity index (χ4n) is 5.25. The number of aryl methyl sites for hydroxylation is 1. The Kier molecular flexibility index (Phi) is 7.39. The molecule has 0 radical (unpaired) electrons. The molecule has 0 unspecified atom stereocenters. The van der Waals surface area contributed by atoms with Gasteiger partial charge in [0.1, 0.15) is 23.2 Å². The Morgan fingerprint density at radius 3 is 2.71 bits per heavy atom. The first-order chi connectivity index (χ1) is 20.4. The first-order valence-corrected chi connectivity index (χ1v) is 13.7. The first-order valence-electron chi connectivity index (χ1n) is 13.7. The van der Waals surface area contributed by atoms with E-state index in [4.69, 9.17) is 14.2 Å². The molecule has 5 heterocycles. The number of hydrogen-bond acceptors (Lipinski definition) is 7. The Morgan fingerprint density at radius 1 is 1.07 bits per heavy atom. The summed E-state index contributed by atoms with van der Waals surface area (Å²) in [6, 6.07) is 17.2. The average molecular weight is 570 g/mol. The second-order valence-corrected chi connectivity index (χ2v) is 10.4. The van der Waals surface area contributed by atoms with Gasteiger partial charge in [-0.05, 0) is 54.1 Å². The number of piperidine rings is 1. The number of nitrogens with one attached hydrogen (secondary N) is 2. The summed E-state index contributed by atoms with van der Waals surface area (Å²) in [5, 5.41) is 6.85. The van der Waals surface area contributed by atoms with Crippen LogP contribution in [0.25, 0.3) is 11.0 Å². The molecule has 216 valence electrons.